The smallest absolute Gasteiger partial charge is 0.358 e. The van der Waals surface area contributed by atoms with E-state index in [9.17, 15) is 18.0 Å². The molecule has 0 spiro atoms. The van der Waals surface area contributed by atoms with E-state index in [1.165, 1.54) is 12.4 Å². The van der Waals surface area contributed by atoms with E-state index in [4.69, 9.17) is 0 Å². The van der Waals surface area contributed by atoms with Crippen LogP contribution in [0, 0.1) is 5.92 Å². The summed E-state index contributed by atoms with van der Waals surface area (Å²) in [5.41, 5.74) is -0.349. The van der Waals surface area contributed by atoms with Crippen molar-refractivity contribution in [2.75, 3.05) is 25.0 Å². The van der Waals surface area contributed by atoms with Gasteiger partial charge in [-0.15, -0.1) is 0 Å². The van der Waals surface area contributed by atoms with Crippen LogP contribution in [0.3, 0.4) is 0 Å². The molecule has 1 amide bonds. The third-order valence-electron chi connectivity index (χ3n) is 7.03. The monoisotopic (exact) mass is 463 g/mol. The lowest BCUT2D eigenvalue weighted by Gasteiger charge is -2.44. The summed E-state index contributed by atoms with van der Waals surface area (Å²) in [6, 6.07) is 3.60. The number of aromatic nitrogens is 2. The second kappa shape index (κ2) is 9.44. The lowest BCUT2D eigenvalue weighted by Crippen LogP contribution is -2.53. The van der Waals surface area contributed by atoms with E-state index < -0.39 is 17.8 Å². The van der Waals surface area contributed by atoms with Crippen molar-refractivity contribution in [2.45, 2.75) is 70.8 Å². The number of piperidine rings is 1. The maximum atomic E-state index is 13.4. The van der Waals surface area contributed by atoms with Gasteiger partial charge in [0.25, 0.3) is 0 Å². The minimum absolute atomic E-state index is 0.0119. The van der Waals surface area contributed by atoms with E-state index in [1.807, 2.05) is 4.90 Å². The number of hydrogen-bond donors (Lipinski definition) is 1. The molecule has 0 aliphatic carbocycles. The van der Waals surface area contributed by atoms with Gasteiger partial charge in [-0.2, -0.15) is 13.2 Å². The summed E-state index contributed by atoms with van der Waals surface area (Å²) in [4.78, 5) is 26.1. The van der Waals surface area contributed by atoms with Gasteiger partial charge in [-0.05, 0) is 57.2 Å². The van der Waals surface area contributed by atoms with Crippen molar-refractivity contribution >= 4 is 22.6 Å². The van der Waals surface area contributed by atoms with E-state index in [0.717, 1.165) is 44.5 Å². The summed E-state index contributed by atoms with van der Waals surface area (Å²) in [5.74, 6) is 0.715. The first-order valence-electron chi connectivity index (χ1n) is 11.8. The van der Waals surface area contributed by atoms with Crippen LogP contribution >= 0.6 is 0 Å². The zero-order chi connectivity index (χ0) is 23.8. The number of anilines is 1. The summed E-state index contributed by atoms with van der Waals surface area (Å²) < 4.78 is 39.7. The average molecular weight is 464 g/mol. The number of amides is 1. The summed E-state index contributed by atoms with van der Waals surface area (Å²) >= 11 is 0. The van der Waals surface area contributed by atoms with Crippen LogP contribution in [0.15, 0.2) is 24.5 Å². The highest BCUT2D eigenvalue weighted by atomic mass is 19.4. The minimum atomic E-state index is -4.46. The Labute approximate surface area is 192 Å². The SMILES string of the molecule is CCC[C@H]1CN(C(C)C)CC[C@@H]1N1CCC(Nc2ncnc3ccc(C(F)(F)F)cc23)C1=O. The number of halogens is 3. The lowest BCUT2D eigenvalue weighted by molar-refractivity contribution is -0.137. The molecule has 2 saturated heterocycles. The molecule has 1 N–H and O–H groups in total. The fraction of sp³-hybridized carbons (Fsp3) is 0.625. The van der Waals surface area contributed by atoms with Gasteiger partial charge < -0.3 is 15.1 Å². The summed E-state index contributed by atoms with van der Waals surface area (Å²) in [6.45, 7) is 9.22. The van der Waals surface area contributed by atoms with Crippen molar-refractivity contribution in [1.82, 2.24) is 19.8 Å². The average Bonchev–Trinajstić information content (AvgIpc) is 3.13. The first-order valence-corrected chi connectivity index (χ1v) is 11.8. The molecule has 1 unspecified atom stereocenters. The van der Waals surface area contributed by atoms with Crippen molar-refractivity contribution in [3.05, 3.63) is 30.1 Å². The highest BCUT2D eigenvalue weighted by Crippen LogP contribution is 2.34. The molecule has 3 atom stereocenters. The van der Waals surface area contributed by atoms with E-state index in [1.54, 1.807) is 0 Å². The third-order valence-corrected chi connectivity index (χ3v) is 7.03. The van der Waals surface area contributed by atoms with Crippen LogP contribution in [0.1, 0.15) is 52.0 Å². The molecule has 1 aromatic carbocycles. The van der Waals surface area contributed by atoms with Crippen LogP contribution in [-0.2, 0) is 11.0 Å². The molecular weight excluding hydrogens is 431 g/mol. The highest BCUT2D eigenvalue weighted by molar-refractivity contribution is 5.93. The molecule has 9 heteroatoms. The fourth-order valence-corrected chi connectivity index (χ4v) is 5.26. The van der Waals surface area contributed by atoms with E-state index in [2.05, 4.69) is 41.0 Å². The third kappa shape index (κ3) is 4.93. The number of benzene rings is 1. The second-order valence-corrected chi connectivity index (χ2v) is 9.46. The standard InChI is InChI=1S/C24H32F3N5O/c1-4-5-16-13-31(15(2)3)10-9-21(16)32-11-8-20(23(32)33)30-22-18-12-17(24(25,26)27)6-7-19(18)28-14-29-22/h6-7,12,14-16,20-21H,4-5,8-11,13H2,1-3H3,(H,28,29,30)/t16-,20?,21-/m0/s1. The first kappa shape index (κ1) is 23.7. The Balaban J connectivity index is 1.52. The van der Waals surface area contributed by atoms with Crippen molar-refractivity contribution in [2.24, 2.45) is 5.92 Å². The van der Waals surface area contributed by atoms with E-state index in [0.29, 0.717) is 30.4 Å². The van der Waals surface area contributed by atoms with Crippen LogP contribution < -0.4 is 5.32 Å². The number of alkyl halides is 3. The van der Waals surface area contributed by atoms with Crippen molar-refractivity contribution < 1.29 is 18.0 Å². The van der Waals surface area contributed by atoms with Crippen molar-refractivity contribution in [3.63, 3.8) is 0 Å². The van der Waals surface area contributed by atoms with Crippen LogP contribution in [-0.4, -0.2) is 63.4 Å². The molecule has 0 radical (unpaired) electrons. The van der Waals surface area contributed by atoms with Gasteiger partial charge in [-0.25, -0.2) is 9.97 Å². The first-order chi connectivity index (χ1) is 15.7. The zero-order valence-electron chi connectivity index (χ0n) is 19.4. The Morgan fingerprint density at radius 3 is 2.67 bits per heavy atom. The molecule has 2 aliphatic rings. The quantitative estimate of drug-likeness (QED) is 0.681. The molecular formula is C24H32F3N5O. The number of nitrogens with zero attached hydrogens (tertiary/aromatic N) is 4. The Morgan fingerprint density at radius 2 is 1.97 bits per heavy atom. The normalized spacial score (nSPS) is 24.8. The van der Waals surface area contributed by atoms with Crippen LogP contribution in [0.25, 0.3) is 10.9 Å². The van der Waals surface area contributed by atoms with E-state index >= 15 is 0 Å². The Bertz CT molecular complexity index is 996. The van der Waals surface area contributed by atoms with Gasteiger partial charge in [0.2, 0.25) is 5.91 Å². The lowest BCUT2D eigenvalue weighted by atomic mass is 9.86. The summed E-state index contributed by atoms with van der Waals surface area (Å²) in [7, 11) is 0. The van der Waals surface area contributed by atoms with Crippen LogP contribution in [0.4, 0.5) is 19.0 Å². The number of rotatable bonds is 6. The number of likely N-dealkylation sites (tertiary alicyclic amines) is 2. The summed E-state index contributed by atoms with van der Waals surface area (Å²) in [5, 5.41) is 3.41. The molecule has 2 aliphatic heterocycles. The number of carbonyl (C=O) groups is 1. The molecule has 0 bridgehead atoms. The van der Waals surface area contributed by atoms with E-state index in [-0.39, 0.29) is 23.2 Å². The predicted octanol–water partition coefficient (Wildman–Crippen LogP) is 4.56. The minimum Gasteiger partial charge on any atom is -0.358 e. The molecule has 2 aromatic rings. The maximum Gasteiger partial charge on any atom is 0.416 e. The van der Waals surface area contributed by atoms with Gasteiger partial charge >= 0.3 is 6.18 Å². The summed E-state index contributed by atoms with van der Waals surface area (Å²) in [6.07, 6.45) is 0.561. The predicted molar refractivity (Wildman–Crippen MR) is 122 cm³/mol. The number of carbonyl (C=O) groups excluding carboxylic acids is 1. The van der Waals surface area contributed by atoms with Gasteiger partial charge in [0.15, 0.2) is 0 Å². The fourth-order valence-electron chi connectivity index (χ4n) is 5.26. The molecule has 6 nitrogen and oxygen atoms in total. The van der Waals surface area contributed by atoms with Crippen molar-refractivity contribution in [3.8, 4) is 0 Å². The second-order valence-electron chi connectivity index (χ2n) is 9.46. The van der Waals surface area contributed by atoms with Gasteiger partial charge in [0.05, 0.1) is 11.1 Å². The zero-order valence-corrected chi connectivity index (χ0v) is 19.4. The molecule has 1 aromatic heterocycles. The van der Waals surface area contributed by atoms with Crippen LogP contribution in [0.2, 0.25) is 0 Å². The maximum absolute atomic E-state index is 13.4. The molecule has 33 heavy (non-hydrogen) atoms. The Kier molecular flexibility index (Phi) is 6.79. The highest BCUT2D eigenvalue weighted by Gasteiger charge is 2.41. The molecule has 3 heterocycles. The van der Waals surface area contributed by atoms with Gasteiger partial charge in [-0.1, -0.05) is 13.3 Å². The Morgan fingerprint density at radius 1 is 1.18 bits per heavy atom. The molecule has 0 saturated carbocycles. The molecule has 4 rings (SSSR count). The molecule has 2 fully saturated rings. The van der Waals surface area contributed by atoms with Gasteiger partial charge in [0.1, 0.15) is 18.2 Å². The number of nitrogens with one attached hydrogen (secondary N) is 1. The van der Waals surface area contributed by atoms with Gasteiger partial charge in [0, 0.05) is 37.1 Å². The van der Waals surface area contributed by atoms with Crippen LogP contribution in [0.5, 0.6) is 0 Å². The number of fused-ring (bicyclic) bond motifs is 1. The van der Waals surface area contributed by atoms with Crippen molar-refractivity contribution in [1.29, 1.82) is 0 Å². The topological polar surface area (TPSA) is 61.4 Å². The molecule has 180 valence electrons. The number of hydrogen-bond acceptors (Lipinski definition) is 5. The largest absolute Gasteiger partial charge is 0.416 e. The van der Waals surface area contributed by atoms with Gasteiger partial charge in [-0.3, -0.25) is 4.79 Å². The Hall–Kier alpha value is -2.42.